The van der Waals surface area contributed by atoms with Crippen molar-refractivity contribution in [1.29, 1.82) is 0 Å². The zero-order chi connectivity index (χ0) is 17.0. The molecule has 3 aromatic heterocycles. The van der Waals surface area contributed by atoms with Gasteiger partial charge in [0.25, 0.3) is 0 Å². The van der Waals surface area contributed by atoms with E-state index in [0.29, 0.717) is 0 Å². The SMILES string of the molecule is Cc1[nH]ncc1-c1nc2ccc3n[nH]c(CO)c3c2c2c1CCCC2. The Morgan fingerprint density at radius 3 is 2.60 bits per heavy atom. The molecule has 3 heterocycles. The molecule has 0 amide bonds. The highest BCUT2D eigenvalue weighted by Gasteiger charge is 2.23. The average Bonchev–Trinajstić information content (AvgIpc) is 3.26. The van der Waals surface area contributed by atoms with E-state index in [1.807, 2.05) is 25.3 Å². The summed E-state index contributed by atoms with van der Waals surface area (Å²) in [6, 6.07) is 4.01. The smallest absolute Gasteiger partial charge is 0.0932 e. The van der Waals surface area contributed by atoms with E-state index in [0.717, 1.165) is 57.3 Å². The number of aromatic amines is 2. The predicted molar refractivity (Wildman–Crippen MR) is 96.3 cm³/mol. The van der Waals surface area contributed by atoms with Gasteiger partial charge in [-0.15, -0.1) is 0 Å². The number of nitrogens with one attached hydrogen (secondary N) is 2. The van der Waals surface area contributed by atoms with Crippen molar-refractivity contribution < 1.29 is 5.11 Å². The lowest BCUT2D eigenvalue weighted by molar-refractivity contribution is 0.278. The van der Waals surface area contributed by atoms with Crippen molar-refractivity contribution >= 4 is 21.8 Å². The van der Waals surface area contributed by atoms with E-state index in [9.17, 15) is 5.11 Å². The highest BCUT2D eigenvalue weighted by atomic mass is 16.3. The second kappa shape index (κ2) is 5.39. The number of rotatable bonds is 2. The number of pyridine rings is 1. The third-order valence-electron chi connectivity index (χ3n) is 5.31. The van der Waals surface area contributed by atoms with Gasteiger partial charge >= 0.3 is 0 Å². The fourth-order valence-electron chi connectivity index (χ4n) is 4.12. The zero-order valence-electron chi connectivity index (χ0n) is 14.1. The summed E-state index contributed by atoms with van der Waals surface area (Å²) in [6.07, 6.45) is 6.29. The van der Waals surface area contributed by atoms with Crippen LogP contribution in [0, 0.1) is 6.92 Å². The van der Waals surface area contributed by atoms with Gasteiger partial charge in [0, 0.05) is 22.0 Å². The van der Waals surface area contributed by atoms with E-state index in [4.69, 9.17) is 4.98 Å². The summed E-state index contributed by atoms with van der Waals surface area (Å²) < 4.78 is 0. The fourth-order valence-corrected chi connectivity index (χ4v) is 4.12. The van der Waals surface area contributed by atoms with Crippen molar-refractivity contribution in [3.05, 3.63) is 40.8 Å². The van der Waals surface area contributed by atoms with Crippen LogP contribution in [0.2, 0.25) is 0 Å². The molecular weight excluding hydrogens is 314 g/mol. The molecule has 126 valence electrons. The number of aryl methyl sites for hydroxylation is 2. The number of hydrogen-bond donors (Lipinski definition) is 3. The van der Waals surface area contributed by atoms with Gasteiger partial charge in [-0.2, -0.15) is 10.2 Å². The molecule has 6 nitrogen and oxygen atoms in total. The van der Waals surface area contributed by atoms with Gasteiger partial charge in [0.2, 0.25) is 0 Å². The van der Waals surface area contributed by atoms with Crippen LogP contribution in [-0.4, -0.2) is 30.5 Å². The van der Waals surface area contributed by atoms with Crippen molar-refractivity contribution in [1.82, 2.24) is 25.4 Å². The minimum atomic E-state index is -0.0486. The molecule has 6 heteroatoms. The molecule has 3 N–H and O–H groups in total. The van der Waals surface area contributed by atoms with Crippen molar-refractivity contribution in [3.63, 3.8) is 0 Å². The van der Waals surface area contributed by atoms with E-state index in [1.54, 1.807) is 0 Å². The van der Waals surface area contributed by atoms with Crippen LogP contribution < -0.4 is 0 Å². The maximum Gasteiger partial charge on any atom is 0.0932 e. The summed E-state index contributed by atoms with van der Waals surface area (Å²) in [6.45, 7) is 1.99. The first-order valence-corrected chi connectivity index (χ1v) is 8.70. The Labute approximate surface area is 144 Å². The molecule has 4 aromatic rings. The standard InChI is InChI=1S/C19H19N5O/c1-10-13(8-20-22-10)19-12-5-3-2-4-11(12)17-14(21-19)6-7-15-18(17)16(9-25)24-23-15/h6-8,25H,2-5,9H2,1H3,(H,20,22)(H,23,24). The summed E-state index contributed by atoms with van der Waals surface area (Å²) >= 11 is 0. The lowest BCUT2D eigenvalue weighted by atomic mass is 9.85. The maximum atomic E-state index is 9.73. The van der Waals surface area contributed by atoms with E-state index in [1.165, 1.54) is 24.0 Å². The molecular formula is C19H19N5O. The molecule has 1 aromatic carbocycles. The highest BCUT2D eigenvalue weighted by molar-refractivity contribution is 6.09. The third-order valence-corrected chi connectivity index (χ3v) is 5.31. The second-order valence-corrected chi connectivity index (χ2v) is 6.75. The van der Waals surface area contributed by atoms with Crippen LogP contribution in [0.4, 0.5) is 0 Å². The van der Waals surface area contributed by atoms with Gasteiger partial charge in [0.15, 0.2) is 0 Å². The Morgan fingerprint density at radius 1 is 1.04 bits per heavy atom. The van der Waals surface area contributed by atoms with Crippen molar-refractivity contribution in [3.8, 4) is 11.3 Å². The molecule has 1 aliphatic carbocycles. The molecule has 1 aliphatic rings. The summed E-state index contributed by atoms with van der Waals surface area (Å²) in [5.74, 6) is 0. The van der Waals surface area contributed by atoms with E-state index in [2.05, 4.69) is 20.4 Å². The number of fused-ring (bicyclic) bond motifs is 5. The van der Waals surface area contributed by atoms with Crippen LogP contribution in [0.15, 0.2) is 18.3 Å². The van der Waals surface area contributed by atoms with Crippen LogP contribution in [0.25, 0.3) is 33.1 Å². The van der Waals surface area contributed by atoms with Crippen molar-refractivity contribution in [2.45, 2.75) is 39.2 Å². The molecule has 0 radical (unpaired) electrons. The number of H-pyrrole nitrogens is 2. The lowest BCUT2D eigenvalue weighted by Crippen LogP contribution is -2.08. The topological polar surface area (TPSA) is 90.5 Å². The van der Waals surface area contributed by atoms with Gasteiger partial charge in [-0.1, -0.05) is 0 Å². The summed E-state index contributed by atoms with van der Waals surface area (Å²) in [4.78, 5) is 5.01. The molecule has 0 saturated heterocycles. The molecule has 0 spiro atoms. The van der Waals surface area contributed by atoms with Gasteiger partial charge in [-0.05, 0) is 55.9 Å². The largest absolute Gasteiger partial charge is 0.390 e. The number of nitrogens with zero attached hydrogens (tertiary/aromatic N) is 3. The normalized spacial score (nSPS) is 14.3. The highest BCUT2D eigenvalue weighted by Crippen LogP contribution is 2.39. The first kappa shape index (κ1) is 14.6. The van der Waals surface area contributed by atoms with Crippen molar-refractivity contribution in [2.24, 2.45) is 0 Å². The number of hydrogen-bond acceptors (Lipinski definition) is 4. The fraction of sp³-hybridized carbons (Fsp3) is 0.316. The molecule has 5 rings (SSSR count). The average molecular weight is 333 g/mol. The van der Waals surface area contributed by atoms with Crippen LogP contribution in [0.5, 0.6) is 0 Å². The molecule has 0 fully saturated rings. The molecule has 0 unspecified atom stereocenters. The quantitative estimate of drug-likeness (QED) is 0.525. The summed E-state index contributed by atoms with van der Waals surface area (Å²) in [5, 5.41) is 26.4. The first-order chi connectivity index (χ1) is 12.3. The Bertz CT molecular complexity index is 1110. The minimum Gasteiger partial charge on any atom is -0.390 e. The zero-order valence-corrected chi connectivity index (χ0v) is 14.1. The van der Waals surface area contributed by atoms with Crippen LogP contribution in [0.3, 0.4) is 0 Å². The van der Waals surface area contributed by atoms with Crippen LogP contribution in [-0.2, 0) is 19.4 Å². The van der Waals surface area contributed by atoms with Gasteiger partial charge in [0.05, 0.1) is 35.2 Å². The van der Waals surface area contributed by atoms with Gasteiger partial charge in [-0.25, -0.2) is 4.98 Å². The molecule has 0 bridgehead atoms. The van der Waals surface area contributed by atoms with Crippen molar-refractivity contribution in [2.75, 3.05) is 0 Å². The summed E-state index contributed by atoms with van der Waals surface area (Å²) in [7, 11) is 0. The Hall–Kier alpha value is -2.73. The predicted octanol–water partition coefficient (Wildman–Crippen LogP) is 3.18. The van der Waals surface area contributed by atoms with Crippen LogP contribution in [0.1, 0.15) is 35.4 Å². The Morgan fingerprint density at radius 2 is 1.84 bits per heavy atom. The Balaban J connectivity index is 1.94. The lowest BCUT2D eigenvalue weighted by Gasteiger charge is -2.21. The van der Waals surface area contributed by atoms with Gasteiger partial charge in [0.1, 0.15) is 0 Å². The number of aromatic nitrogens is 5. The van der Waals surface area contributed by atoms with E-state index < -0.39 is 0 Å². The van der Waals surface area contributed by atoms with E-state index in [-0.39, 0.29) is 6.61 Å². The minimum absolute atomic E-state index is 0.0486. The van der Waals surface area contributed by atoms with Crippen LogP contribution >= 0.6 is 0 Å². The molecule has 0 aliphatic heterocycles. The number of aliphatic hydroxyl groups is 1. The number of benzene rings is 1. The Kier molecular flexibility index (Phi) is 3.15. The maximum absolute atomic E-state index is 9.73. The molecule has 0 saturated carbocycles. The third kappa shape index (κ3) is 2.04. The first-order valence-electron chi connectivity index (χ1n) is 8.70. The molecule has 25 heavy (non-hydrogen) atoms. The number of aliphatic hydroxyl groups excluding tert-OH is 1. The van der Waals surface area contributed by atoms with E-state index >= 15 is 0 Å². The molecule has 0 atom stereocenters. The van der Waals surface area contributed by atoms with Gasteiger partial charge < -0.3 is 5.11 Å². The van der Waals surface area contributed by atoms with Gasteiger partial charge in [-0.3, -0.25) is 10.2 Å². The summed E-state index contributed by atoms with van der Waals surface area (Å²) in [5.41, 5.74) is 8.45. The monoisotopic (exact) mass is 333 g/mol. The second-order valence-electron chi connectivity index (χ2n) is 6.75.